The number of amides is 1. The van der Waals surface area contributed by atoms with Crippen LogP contribution >= 0.6 is 0 Å². The van der Waals surface area contributed by atoms with Gasteiger partial charge in [0.25, 0.3) is 0 Å². The Morgan fingerprint density at radius 1 is 1.05 bits per heavy atom. The molecule has 2 saturated carbocycles. The van der Waals surface area contributed by atoms with Crippen LogP contribution in [0.4, 0.5) is 0 Å². The minimum absolute atomic E-state index is 0.186. The fourth-order valence-electron chi connectivity index (χ4n) is 7.40. The molecule has 0 saturated heterocycles. The van der Waals surface area contributed by atoms with Crippen LogP contribution in [0.15, 0.2) is 46.9 Å². The van der Waals surface area contributed by atoms with E-state index in [2.05, 4.69) is 0 Å². The predicted molar refractivity (Wildman–Crippen MR) is 143 cm³/mol. The largest absolute Gasteiger partial charge is 0.507 e. The molecule has 11 heteroatoms. The molecule has 3 aliphatic carbocycles. The summed E-state index contributed by atoms with van der Waals surface area (Å²) in [7, 11) is 2.89. The number of phenolic OH excluding ortho intramolecular Hbond substituents is 1. The summed E-state index contributed by atoms with van der Waals surface area (Å²) in [4.78, 5) is 68.4. The molecule has 1 amide bonds. The molecule has 3 aliphatic rings. The summed E-state index contributed by atoms with van der Waals surface area (Å²) in [5.41, 5.74) is 3.50. The molecule has 0 aliphatic heterocycles. The van der Waals surface area contributed by atoms with Crippen molar-refractivity contribution in [1.29, 1.82) is 0 Å². The summed E-state index contributed by atoms with van der Waals surface area (Å²) < 4.78 is 6.04. The number of benzene rings is 2. The third kappa shape index (κ3) is 3.39. The zero-order valence-electron chi connectivity index (χ0n) is 22.4. The van der Waals surface area contributed by atoms with Gasteiger partial charge in [0.1, 0.15) is 17.1 Å². The summed E-state index contributed by atoms with van der Waals surface area (Å²) in [6.45, 7) is 1.67. The van der Waals surface area contributed by atoms with Crippen LogP contribution in [-0.4, -0.2) is 81.1 Å². The highest BCUT2D eigenvalue weighted by Crippen LogP contribution is 2.56. The minimum atomic E-state index is -3.04. The number of Topliss-reactive ketones (excluding diaryl/α,β-unsaturated/α-hetero) is 4. The molecule has 6 rings (SSSR count). The highest BCUT2D eigenvalue weighted by molar-refractivity contribution is 6.32. The highest BCUT2D eigenvalue weighted by Gasteiger charge is 2.73. The predicted octanol–water partition coefficient (Wildman–Crippen LogP) is 0.812. The van der Waals surface area contributed by atoms with Gasteiger partial charge in [0, 0.05) is 16.9 Å². The number of carbonyl (C=O) groups is 5. The number of para-hydroxylation sites is 1. The number of likely N-dealkylation sites (N-methyl/N-ethyl adjacent to an activating group) is 1. The Morgan fingerprint density at radius 3 is 2.37 bits per heavy atom. The molecule has 8 atom stereocenters. The van der Waals surface area contributed by atoms with E-state index < -0.39 is 82.1 Å². The van der Waals surface area contributed by atoms with Gasteiger partial charge in [-0.25, -0.2) is 0 Å². The maximum absolute atomic E-state index is 14.1. The van der Waals surface area contributed by atoms with Gasteiger partial charge in [0.05, 0.1) is 29.5 Å². The van der Waals surface area contributed by atoms with Crippen molar-refractivity contribution in [3.8, 4) is 17.1 Å². The third-order valence-corrected chi connectivity index (χ3v) is 9.16. The number of phenols is 1. The first-order valence-electron chi connectivity index (χ1n) is 13.2. The van der Waals surface area contributed by atoms with Gasteiger partial charge < -0.3 is 25.5 Å². The van der Waals surface area contributed by atoms with Gasteiger partial charge in [0.15, 0.2) is 34.7 Å². The van der Waals surface area contributed by atoms with E-state index in [4.69, 9.17) is 10.2 Å². The van der Waals surface area contributed by atoms with Crippen molar-refractivity contribution >= 4 is 40.0 Å². The Balaban J connectivity index is 1.57. The van der Waals surface area contributed by atoms with Crippen LogP contribution in [0, 0.1) is 23.7 Å². The van der Waals surface area contributed by atoms with Gasteiger partial charge in [-0.2, -0.15) is 0 Å². The molecular formula is C30H28N2O9. The van der Waals surface area contributed by atoms with Crippen LogP contribution in [0.5, 0.6) is 5.75 Å². The van der Waals surface area contributed by atoms with E-state index in [-0.39, 0.29) is 5.56 Å². The van der Waals surface area contributed by atoms with E-state index in [0.29, 0.717) is 22.5 Å². The number of nitrogens with zero attached hydrogens (tertiary/aromatic N) is 1. The normalized spacial score (nSPS) is 33.1. The van der Waals surface area contributed by atoms with Crippen molar-refractivity contribution in [1.82, 2.24) is 4.90 Å². The van der Waals surface area contributed by atoms with Gasteiger partial charge in [0.2, 0.25) is 5.91 Å². The van der Waals surface area contributed by atoms with Crippen LogP contribution in [0.3, 0.4) is 0 Å². The van der Waals surface area contributed by atoms with E-state index in [1.165, 1.54) is 25.1 Å². The lowest BCUT2D eigenvalue weighted by Gasteiger charge is -2.56. The third-order valence-electron chi connectivity index (χ3n) is 9.16. The Hall–Kier alpha value is -4.19. The van der Waals surface area contributed by atoms with Gasteiger partial charge in [-0.15, -0.1) is 0 Å². The van der Waals surface area contributed by atoms with Gasteiger partial charge >= 0.3 is 0 Å². The number of hydrogen-bond donors (Lipinski definition) is 4. The van der Waals surface area contributed by atoms with Gasteiger partial charge in [-0.1, -0.05) is 25.1 Å². The van der Waals surface area contributed by atoms with Crippen molar-refractivity contribution in [3.05, 3.63) is 53.6 Å². The van der Waals surface area contributed by atoms with Crippen molar-refractivity contribution in [2.75, 3.05) is 14.1 Å². The maximum atomic E-state index is 14.1. The number of fused-ring (bicyclic) bond motifs is 4. The molecular weight excluding hydrogens is 532 g/mol. The van der Waals surface area contributed by atoms with Crippen LogP contribution < -0.4 is 5.73 Å². The summed E-state index contributed by atoms with van der Waals surface area (Å²) >= 11 is 0. The number of ketones is 4. The Kier molecular flexibility index (Phi) is 5.86. The molecule has 0 radical (unpaired) electrons. The molecule has 0 spiro atoms. The fourth-order valence-corrected chi connectivity index (χ4v) is 7.40. The van der Waals surface area contributed by atoms with E-state index in [1.54, 1.807) is 31.2 Å². The maximum Gasteiger partial charge on any atom is 0.235 e. The number of aliphatic hydroxyl groups is 2. The summed E-state index contributed by atoms with van der Waals surface area (Å²) in [5, 5.41) is 35.2. The van der Waals surface area contributed by atoms with Gasteiger partial charge in [-0.05, 0) is 49.8 Å². The first-order chi connectivity index (χ1) is 19.3. The van der Waals surface area contributed by atoms with E-state index in [0.717, 1.165) is 5.39 Å². The molecule has 212 valence electrons. The number of carbonyl (C=O) groups excluding carboxylic acids is 5. The molecule has 2 fully saturated rings. The highest BCUT2D eigenvalue weighted by atomic mass is 16.3. The van der Waals surface area contributed by atoms with Crippen molar-refractivity contribution in [2.24, 2.45) is 29.4 Å². The SMILES string of the molecule is CC1c2c(-c3cc4ccccc4o3)ccc(O)c2C(=O)C2C(=O)C3(O)C(=O)C(C(N)=O)C(=O)C(N(C)C)C3C(O)C21. The number of hydrogen-bond acceptors (Lipinski definition) is 10. The molecule has 41 heavy (non-hydrogen) atoms. The van der Waals surface area contributed by atoms with E-state index >= 15 is 0 Å². The second-order valence-electron chi connectivity index (χ2n) is 11.4. The number of aromatic hydroxyl groups is 1. The Labute approximate surface area is 233 Å². The monoisotopic (exact) mass is 560 g/mol. The molecule has 0 bridgehead atoms. The Morgan fingerprint density at radius 2 is 1.73 bits per heavy atom. The number of nitrogens with two attached hydrogens (primary N) is 1. The lowest BCUT2D eigenvalue weighted by molar-refractivity contribution is -0.196. The van der Waals surface area contributed by atoms with Crippen molar-refractivity contribution < 1.29 is 43.7 Å². The van der Waals surface area contributed by atoms with Crippen LogP contribution in [0.25, 0.3) is 22.3 Å². The van der Waals surface area contributed by atoms with Crippen LogP contribution in [0.2, 0.25) is 0 Å². The molecule has 1 heterocycles. The summed E-state index contributed by atoms with van der Waals surface area (Å²) in [5.74, 6) is -13.4. The molecule has 1 aromatic heterocycles. The lowest BCUT2D eigenvalue weighted by Crippen LogP contribution is -2.77. The zero-order chi connectivity index (χ0) is 29.7. The van der Waals surface area contributed by atoms with E-state index in [9.17, 15) is 39.3 Å². The van der Waals surface area contributed by atoms with Gasteiger partial charge in [-0.3, -0.25) is 28.9 Å². The standard InChI is InChI=1S/C30H28N2O9/c1-11-17-13(16-10-12-6-4-5-7-15(12)41-16)8-9-14(33)19(17)24(34)20-18(11)25(35)22-23(32(2)3)26(36)21(29(31)39)28(38)30(22,40)27(20)37/h4-11,18,20-23,25,33,35,40H,1-3H3,(H2,31,39). The summed E-state index contributed by atoms with van der Waals surface area (Å²) in [6.07, 6.45) is -1.71. The molecule has 3 aromatic rings. The molecule has 8 unspecified atom stereocenters. The van der Waals surface area contributed by atoms with Crippen LogP contribution in [-0.2, 0) is 19.2 Å². The zero-order valence-corrected chi connectivity index (χ0v) is 22.4. The second kappa shape index (κ2) is 8.90. The molecule has 5 N–H and O–H groups in total. The second-order valence-corrected chi connectivity index (χ2v) is 11.4. The fraction of sp³-hybridized carbons (Fsp3) is 0.367. The minimum Gasteiger partial charge on any atom is -0.507 e. The average molecular weight is 561 g/mol. The molecule has 2 aromatic carbocycles. The van der Waals surface area contributed by atoms with E-state index in [1.807, 2.05) is 12.1 Å². The van der Waals surface area contributed by atoms with Crippen molar-refractivity contribution in [3.63, 3.8) is 0 Å². The van der Waals surface area contributed by atoms with Crippen LogP contribution in [0.1, 0.15) is 28.8 Å². The lowest BCUT2D eigenvalue weighted by atomic mass is 9.49. The number of rotatable bonds is 3. The summed E-state index contributed by atoms with van der Waals surface area (Å²) in [6, 6.07) is 10.5. The molecule has 11 nitrogen and oxygen atoms in total. The number of aliphatic hydroxyl groups excluding tert-OH is 1. The number of furan rings is 1. The quantitative estimate of drug-likeness (QED) is 0.334. The first kappa shape index (κ1) is 27.0. The first-order valence-corrected chi connectivity index (χ1v) is 13.2. The Bertz CT molecular complexity index is 1660. The number of primary amides is 1. The average Bonchev–Trinajstić information content (AvgIpc) is 3.34. The topological polar surface area (TPSA) is 188 Å². The van der Waals surface area contributed by atoms with Crippen molar-refractivity contribution in [2.45, 2.75) is 30.6 Å². The smallest absolute Gasteiger partial charge is 0.235 e.